The maximum Gasteiger partial charge on any atom is 0.175 e. The average molecular weight is 248 g/mol. The molecule has 0 bridgehead atoms. The van der Waals surface area contributed by atoms with E-state index in [0.29, 0.717) is 6.10 Å². The summed E-state index contributed by atoms with van der Waals surface area (Å²) in [6.45, 7) is 4.05. The van der Waals surface area contributed by atoms with E-state index in [9.17, 15) is 0 Å². The molecule has 0 saturated carbocycles. The van der Waals surface area contributed by atoms with Gasteiger partial charge in [-0.1, -0.05) is 0 Å². The van der Waals surface area contributed by atoms with E-state index in [-0.39, 0.29) is 0 Å². The van der Waals surface area contributed by atoms with Crippen LogP contribution in [0.15, 0.2) is 10.5 Å². The van der Waals surface area contributed by atoms with Gasteiger partial charge in [-0.2, -0.15) is 0 Å². The SMILES string of the molecule is Cc1sc(OC2CNC2)cc1Br. The van der Waals surface area contributed by atoms with E-state index >= 15 is 0 Å². The molecule has 0 radical (unpaired) electrons. The zero-order chi connectivity index (χ0) is 8.55. The van der Waals surface area contributed by atoms with Crippen molar-refractivity contribution in [2.24, 2.45) is 0 Å². The molecule has 1 fully saturated rings. The third-order valence-electron chi connectivity index (χ3n) is 1.86. The maximum atomic E-state index is 5.68. The van der Waals surface area contributed by atoms with E-state index in [4.69, 9.17) is 4.74 Å². The smallest absolute Gasteiger partial charge is 0.175 e. The summed E-state index contributed by atoms with van der Waals surface area (Å²) in [6.07, 6.45) is 0.384. The lowest BCUT2D eigenvalue weighted by Gasteiger charge is -2.26. The average Bonchev–Trinajstić information content (AvgIpc) is 2.24. The zero-order valence-electron chi connectivity index (χ0n) is 6.76. The van der Waals surface area contributed by atoms with Crippen LogP contribution in [-0.4, -0.2) is 19.2 Å². The second-order valence-corrected chi connectivity index (χ2v) is 4.94. The Balaban J connectivity index is 2.02. The van der Waals surface area contributed by atoms with Gasteiger partial charge in [0.2, 0.25) is 0 Å². The minimum absolute atomic E-state index is 0.384. The highest BCUT2D eigenvalue weighted by atomic mass is 79.9. The first-order chi connectivity index (χ1) is 5.75. The number of halogens is 1. The molecule has 2 heterocycles. The second-order valence-electron chi connectivity index (χ2n) is 2.87. The molecule has 4 heteroatoms. The number of hydrogen-bond acceptors (Lipinski definition) is 3. The lowest BCUT2D eigenvalue weighted by molar-refractivity contribution is 0.147. The van der Waals surface area contributed by atoms with Crippen LogP contribution in [0.25, 0.3) is 0 Å². The van der Waals surface area contributed by atoms with Gasteiger partial charge in [0.1, 0.15) is 6.10 Å². The van der Waals surface area contributed by atoms with Gasteiger partial charge < -0.3 is 10.1 Å². The fraction of sp³-hybridized carbons (Fsp3) is 0.500. The summed E-state index contributed by atoms with van der Waals surface area (Å²) in [5, 5.41) is 4.19. The molecule has 0 aliphatic carbocycles. The van der Waals surface area contributed by atoms with Gasteiger partial charge >= 0.3 is 0 Å². The molecule has 0 atom stereocenters. The highest BCUT2D eigenvalue weighted by molar-refractivity contribution is 9.10. The number of hydrogen-bond donors (Lipinski definition) is 1. The molecule has 66 valence electrons. The summed E-state index contributed by atoms with van der Waals surface area (Å²) in [5.41, 5.74) is 0. The van der Waals surface area contributed by atoms with Gasteiger partial charge in [-0.3, -0.25) is 0 Å². The van der Waals surface area contributed by atoms with Crippen molar-refractivity contribution in [3.8, 4) is 5.06 Å². The van der Waals surface area contributed by atoms with Crippen LogP contribution in [0.2, 0.25) is 0 Å². The highest BCUT2D eigenvalue weighted by Gasteiger charge is 2.19. The summed E-state index contributed by atoms with van der Waals surface area (Å²) in [6, 6.07) is 2.04. The van der Waals surface area contributed by atoms with Crippen LogP contribution in [0.1, 0.15) is 4.88 Å². The largest absolute Gasteiger partial charge is 0.478 e. The first-order valence-corrected chi connectivity index (χ1v) is 5.50. The van der Waals surface area contributed by atoms with Gasteiger partial charge in [-0.25, -0.2) is 0 Å². The van der Waals surface area contributed by atoms with Crippen LogP contribution in [0.4, 0.5) is 0 Å². The Bertz CT molecular complexity index is 263. The van der Waals surface area contributed by atoms with Crippen LogP contribution in [0.5, 0.6) is 5.06 Å². The van der Waals surface area contributed by atoms with Crippen molar-refractivity contribution in [2.75, 3.05) is 13.1 Å². The minimum atomic E-state index is 0.384. The van der Waals surface area contributed by atoms with E-state index in [1.54, 1.807) is 11.3 Å². The molecule has 0 unspecified atom stereocenters. The van der Waals surface area contributed by atoms with Crippen molar-refractivity contribution in [3.63, 3.8) is 0 Å². The molecule has 12 heavy (non-hydrogen) atoms. The van der Waals surface area contributed by atoms with E-state index in [1.807, 2.05) is 6.07 Å². The second kappa shape index (κ2) is 3.36. The van der Waals surface area contributed by atoms with Crippen molar-refractivity contribution >= 4 is 27.3 Å². The quantitative estimate of drug-likeness (QED) is 0.866. The van der Waals surface area contributed by atoms with Crippen molar-refractivity contribution in [3.05, 3.63) is 15.4 Å². The predicted molar refractivity (Wildman–Crippen MR) is 54.0 cm³/mol. The molecule has 0 spiro atoms. The first kappa shape index (κ1) is 8.53. The van der Waals surface area contributed by atoms with E-state index in [2.05, 4.69) is 28.2 Å². The number of ether oxygens (including phenoxy) is 1. The number of thiophene rings is 1. The van der Waals surface area contributed by atoms with Gasteiger partial charge in [0.05, 0.1) is 0 Å². The Kier molecular flexibility index (Phi) is 2.39. The summed E-state index contributed by atoms with van der Waals surface area (Å²) in [4.78, 5) is 1.28. The fourth-order valence-electron chi connectivity index (χ4n) is 1.00. The third-order valence-corrected chi connectivity index (χ3v) is 3.89. The predicted octanol–water partition coefficient (Wildman–Crippen LogP) is 2.17. The van der Waals surface area contributed by atoms with Gasteiger partial charge in [0, 0.05) is 28.5 Å². The van der Waals surface area contributed by atoms with Crippen LogP contribution in [-0.2, 0) is 0 Å². The molecule has 1 N–H and O–H groups in total. The number of nitrogens with one attached hydrogen (secondary N) is 1. The lowest BCUT2D eigenvalue weighted by Crippen LogP contribution is -2.50. The van der Waals surface area contributed by atoms with Gasteiger partial charge in [-0.05, 0) is 22.9 Å². The van der Waals surface area contributed by atoms with E-state index in [1.165, 1.54) is 4.88 Å². The standard InChI is InChI=1S/C8H10BrNOS/c1-5-7(9)2-8(12-5)11-6-3-10-4-6/h2,6,10H,3-4H2,1H3. The van der Waals surface area contributed by atoms with Gasteiger partial charge in [0.15, 0.2) is 5.06 Å². The van der Waals surface area contributed by atoms with Crippen LogP contribution in [0, 0.1) is 6.92 Å². The normalized spacial score (nSPS) is 17.5. The van der Waals surface area contributed by atoms with Gasteiger partial charge in [0.25, 0.3) is 0 Å². The molecule has 1 aliphatic heterocycles. The third kappa shape index (κ3) is 1.65. The Morgan fingerprint density at radius 3 is 2.83 bits per heavy atom. The number of aryl methyl sites for hydroxylation is 1. The summed E-state index contributed by atoms with van der Waals surface area (Å²) in [5.74, 6) is 0. The molecule has 1 aromatic heterocycles. The van der Waals surface area contributed by atoms with Crippen molar-refractivity contribution < 1.29 is 4.74 Å². The maximum absolute atomic E-state index is 5.68. The molecule has 0 amide bonds. The molecule has 1 saturated heterocycles. The summed E-state index contributed by atoms with van der Waals surface area (Å²) < 4.78 is 6.83. The Morgan fingerprint density at radius 2 is 2.42 bits per heavy atom. The Hall–Kier alpha value is -0.0600. The van der Waals surface area contributed by atoms with Gasteiger partial charge in [-0.15, -0.1) is 11.3 Å². The van der Waals surface area contributed by atoms with Crippen LogP contribution < -0.4 is 10.1 Å². The topological polar surface area (TPSA) is 21.3 Å². The zero-order valence-corrected chi connectivity index (χ0v) is 9.17. The number of rotatable bonds is 2. The summed E-state index contributed by atoms with van der Waals surface area (Å²) >= 11 is 5.16. The summed E-state index contributed by atoms with van der Waals surface area (Å²) in [7, 11) is 0. The van der Waals surface area contributed by atoms with Crippen LogP contribution in [0.3, 0.4) is 0 Å². The Morgan fingerprint density at radius 1 is 1.67 bits per heavy atom. The monoisotopic (exact) mass is 247 g/mol. The van der Waals surface area contributed by atoms with Crippen molar-refractivity contribution in [2.45, 2.75) is 13.0 Å². The van der Waals surface area contributed by atoms with Crippen LogP contribution >= 0.6 is 27.3 Å². The molecular weight excluding hydrogens is 238 g/mol. The molecule has 2 nitrogen and oxygen atoms in total. The minimum Gasteiger partial charge on any atom is -0.478 e. The molecule has 0 aromatic carbocycles. The Labute approximate surface area is 84.1 Å². The fourth-order valence-corrected chi connectivity index (χ4v) is 2.42. The van der Waals surface area contributed by atoms with E-state index in [0.717, 1.165) is 22.6 Å². The van der Waals surface area contributed by atoms with Crippen molar-refractivity contribution in [1.82, 2.24) is 5.32 Å². The lowest BCUT2D eigenvalue weighted by atomic mass is 10.2. The van der Waals surface area contributed by atoms with E-state index < -0.39 is 0 Å². The molecule has 1 aliphatic rings. The molecular formula is C8H10BrNOS. The molecule has 2 rings (SSSR count). The molecule has 1 aromatic rings. The van der Waals surface area contributed by atoms with Crippen molar-refractivity contribution in [1.29, 1.82) is 0 Å². The first-order valence-electron chi connectivity index (χ1n) is 3.89. The highest BCUT2D eigenvalue weighted by Crippen LogP contribution is 2.33.